The standard InChI is InChI=1S/C21H25N3O2/c1-5-7-8-16-13-15-14-17(26-4)9-10-18(15)21(24(16)20(25)6-2)19-11-12-22-23(19)3/h2,9-12,14,16,21H,5,7-8,13H2,1,3-4H3/t16-,21+/m0/s1. The van der Waals surface area contributed by atoms with Crippen molar-refractivity contribution in [2.75, 3.05) is 7.11 Å². The third-order valence-corrected chi connectivity index (χ3v) is 5.16. The van der Waals surface area contributed by atoms with Crippen LogP contribution in [0.2, 0.25) is 0 Å². The fourth-order valence-corrected chi connectivity index (χ4v) is 3.86. The zero-order chi connectivity index (χ0) is 18.7. The monoisotopic (exact) mass is 351 g/mol. The summed E-state index contributed by atoms with van der Waals surface area (Å²) in [6.07, 6.45) is 11.1. The van der Waals surface area contributed by atoms with Gasteiger partial charge in [0.15, 0.2) is 0 Å². The van der Waals surface area contributed by atoms with Crippen LogP contribution in [0.5, 0.6) is 5.75 Å². The van der Waals surface area contributed by atoms with Crippen LogP contribution in [0.25, 0.3) is 0 Å². The van der Waals surface area contributed by atoms with Gasteiger partial charge in [-0.1, -0.05) is 25.8 Å². The average Bonchev–Trinajstić information content (AvgIpc) is 3.09. The van der Waals surface area contributed by atoms with Crippen molar-refractivity contribution in [3.8, 4) is 18.1 Å². The molecule has 0 fully saturated rings. The summed E-state index contributed by atoms with van der Waals surface area (Å²) >= 11 is 0. The highest BCUT2D eigenvalue weighted by atomic mass is 16.5. The number of aromatic nitrogens is 2. The summed E-state index contributed by atoms with van der Waals surface area (Å²) in [5.74, 6) is 2.91. The largest absolute Gasteiger partial charge is 0.497 e. The van der Waals surface area contributed by atoms with Crippen LogP contribution in [0.15, 0.2) is 30.5 Å². The molecular formula is C21H25N3O2. The van der Waals surface area contributed by atoms with E-state index in [0.717, 1.165) is 42.7 Å². The van der Waals surface area contributed by atoms with Gasteiger partial charge in [-0.15, -0.1) is 6.42 Å². The second-order valence-corrected chi connectivity index (χ2v) is 6.70. The van der Waals surface area contributed by atoms with Crippen molar-refractivity contribution in [3.63, 3.8) is 0 Å². The number of hydrogen-bond acceptors (Lipinski definition) is 3. The fraction of sp³-hybridized carbons (Fsp3) is 0.429. The van der Waals surface area contributed by atoms with Crippen molar-refractivity contribution >= 4 is 5.91 Å². The van der Waals surface area contributed by atoms with Crippen molar-refractivity contribution in [1.82, 2.24) is 14.7 Å². The molecule has 5 heteroatoms. The Kier molecular flexibility index (Phi) is 5.32. The number of carbonyl (C=O) groups excluding carboxylic acids is 1. The zero-order valence-electron chi connectivity index (χ0n) is 15.6. The summed E-state index contributed by atoms with van der Waals surface area (Å²) in [5, 5.41) is 4.31. The van der Waals surface area contributed by atoms with E-state index in [0.29, 0.717) is 0 Å². The molecule has 0 unspecified atom stereocenters. The molecule has 0 saturated carbocycles. The first-order chi connectivity index (χ1) is 12.6. The van der Waals surface area contributed by atoms with Crippen LogP contribution in [-0.2, 0) is 18.3 Å². The Morgan fingerprint density at radius 3 is 2.85 bits per heavy atom. The summed E-state index contributed by atoms with van der Waals surface area (Å²) in [4.78, 5) is 14.6. The topological polar surface area (TPSA) is 47.4 Å². The summed E-state index contributed by atoms with van der Waals surface area (Å²) in [5.41, 5.74) is 3.25. The molecular weight excluding hydrogens is 326 g/mol. The summed E-state index contributed by atoms with van der Waals surface area (Å²) in [7, 11) is 3.57. The van der Waals surface area contributed by atoms with Crippen LogP contribution in [0, 0.1) is 12.3 Å². The van der Waals surface area contributed by atoms with Gasteiger partial charge >= 0.3 is 0 Å². The molecule has 1 aromatic carbocycles. The first-order valence-corrected chi connectivity index (χ1v) is 9.04. The molecule has 26 heavy (non-hydrogen) atoms. The van der Waals surface area contributed by atoms with E-state index in [1.807, 2.05) is 34.8 Å². The third kappa shape index (κ3) is 3.20. The van der Waals surface area contributed by atoms with Crippen LogP contribution in [0.1, 0.15) is 49.0 Å². The Morgan fingerprint density at radius 2 is 2.23 bits per heavy atom. The molecule has 2 aromatic rings. The van der Waals surface area contributed by atoms with E-state index in [9.17, 15) is 4.79 Å². The number of unbranched alkanes of at least 4 members (excludes halogenated alkanes) is 1. The highest BCUT2D eigenvalue weighted by molar-refractivity contribution is 5.94. The molecule has 5 nitrogen and oxygen atoms in total. The van der Waals surface area contributed by atoms with Crippen LogP contribution in [0.3, 0.4) is 0 Å². The van der Waals surface area contributed by atoms with Gasteiger partial charge in [-0.2, -0.15) is 5.10 Å². The van der Waals surface area contributed by atoms with Crippen molar-refractivity contribution < 1.29 is 9.53 Å². The van der Waals surface area contributed by atoms with Gasteiger partial charge in [0.1, 0.15) is 11.8 Å². The molecule has 2 atom stereocenters. The number of hydrogen-bond donors (Lipinski definition) is 0. The van der Waals surface area contributed by atoms with E-state index < -0.39 is 0 Å². The van der Waals surface area contributed by atoms with Crippen LogP contribution in [0.4, 0.5) is 0 Å². The van der Waals surface area contributed by atoms with Gasteiger partial charge in [-0.3, -0.25) is 9.48 Å². The van der Waals surface area contributed by atoms with Gasteiger partial charge in [-0.25, -0.2) is 0 Å². The van der Waals surface area contributed by atoms with Crippen molar-refractivity contribution in [2.45, 2.75) is 44.7 Å². The predicted molar refractivity (Wildman–Crippen MR) is 101 cm³/mol. The number of amides is 1. The van der Waals surface area contributed by atoms with Crippen molar-refractivity contribution in [1.29, 1.82) is 0 Å². The summed E-state index contributed by atoms with van der Waals surface area (Å²) in [6.45, 7) is 2.16. The number of aryl methyl sites for hydroxylation is 1. The number of rotatable bonds is 5. The maximum absolute atomic E-state index is 12.7. The zero-order valence-corrected chi connectivity index (χ0v) is 15.6. The fourth-order valence-electron chi connectivity index (χ4n) is 3.86. The molecule has 0 N–H and O–H groups in total. The minimum Gasteiger partial charge on any atom is -0.497 e. The number of methoxy groups -OCH3 is 1. The Bertz CT molecular complexity index is 834. The number of fused-ring (bicyclic) bond motifs is 1. The number of benzene rings is 1. The van der Waals surface area contributed by atoms with Gasteiger partial charge < -0.3 is 9.64 Å². The molecule has 1 amide bonds. The minimum atomic E-state index is -0.265. The first kappa shape index (κ1) is 18.1. The lowest BCUT2D eigenvalue weighted by molar-refractivity contribution is -0.130. The number of carbonyl (C=O) groups is 1. The maximum Gasteiger partial charge on any atom is 0.299 e. The maximum atomic E-state index is 12.7. The predicted octanol–water partition coefficient (Wildman–Crippen LogP) is 3.09. The summed E-state index contributed by atoms with van der Waals surface area (Å²) < 4.78 is 7.23. The smallest absolute Gasteiger partial charge is 0.299 e. The summed E-state index contributed by atoms with van der Waals surface area (Å²) in [6, 6.07) is 7.85. The number of ether oxygens (including phenoxy) is 1. The van der Waals surface area contributed by atoms with Gasteiger partial charge in [0.05, 0.1) is 12.8 Å². The quantitative estimate of drug-likeness (QED) is 0.778. The molecule has 1 aliphatic rings. The molecule has 3 rings (SSSR count). The van der Waals surface area contributed by atoms with Gasteiger partial charge in [0.25, 0.3) is 5.91 Å². The normalized spacial score (nSPS) is 18.9. The Morgan fingerprint density at radius 1 is 1.42 bits per heavy atom. The molecule has 1 aliphatic heterocycles. The van der Waals surface area contributed by atoms with E-state index in [-0.39, 0.29) is 18.0 Å². The second kappa shape index (κ2) is 7.65. The highest BCUT2D eigenvalue weighted by Crippen LogP contribution is 2.40. The van der Waals surface area contributed by atoms with Crippen molar-refractivity contribution in [2.24, 2.45) is 7.05 Å². The van der Waals surface area contributed by atoms with Gasteiger partial charge in [0.2, 0.25) is 0 Å². The highest BCUT2D eigenvalue weighted by Gasteiger charge is 2.38. The van der Waals surface area contributed by atoms with Gasteiger partial charge in [0, 0.05) is 19.3 Å². The first-order valence-electron chi connectivity index (χ1n) is 9.04. The van der Waals surface area contributed by atoms with Crippen LogP contribution < -0.4 is 4.74 Å². The number of nitrogens with zero attached hydrogens (tertiary/aromatic N) is 3. The molecule has 0 bridgehead atoms. The molecule has 2 heterocycles. The SMILES string of the molecule is C#CC(=O)N1[C@@H](CCCC)Cc2cc(OC)ccc2[C@@H]1c1ccnn1C. The van der Waals surface area contributed by atoms with E-state index in [4.69, 9.17) is 11.2 Å². The lowest BCUT2D eigenvalue weighted by atomic mass is 9.84. The van der Waals surface area contributed by atoms with Crippen LogP contribution in [-0.4, -0.2) is 33.7 Å². The Labute approximate surface area is 155 Å². The van der Waals surface area contributed by atoms with E-state index in [1.165, 1.54) is 5.56 Å². The molecule has 136 valence electrons. The van der Waals surface area contributed by atoms with Gasteiger partial charge in [-0.05, 0) is 48.1 Å². The van der Waals surface area contributed by atoms with E-state index in [2.05, 4.69) is 24.0 Å². The molecule has 0 aliphatic carbocycles. The Balaban J connectivity index is 2.16. The molecule has 0 spiro atoms. The lowest BCUT2D eigenvalue weighted by Gasteiger charge is -2.42. The molecule has 1 aromatic heterocycles. The van der Waals surface area contributed by atoms with Crippen LogP contribution >= 0.6 is 0 Å². The average molecular weight is 351 g/mol. The molecule has 0 saturated heterocycles. The molecule has 0 radical (unpaired) electrons. The van der Waals surface area contributed by atoms with E-state index in [1.54, 1.807) is 13.3 Å². The van der Waals surface area contributed by atoms with Crippen molar-refractivity contribution in [3.05, 3.63) is 47.3 Å². The lowest BCUT2D eigenvalue weighted by Crippen LogP contribution is -2.47. The number of terminal acetylenes is 1. The van der Waals surface area contributed by atoms with E-state index >= 15 is 0 Å². The second-order valence-electron chi connectivity index (χ2n) is 6.70. The Hall–Kier alpha value is -2.74. The minimum absolute atomic E-state index is 0.0676. The third-order valence-electron chi connectivity index (χ3n) is 5.16.